The Hall–Kier alpha value is -3.24. The zero-order chi connectivity index (χ0) is 22.6. The third-order valence-corrected chi connectivity index (χ3v) is 6.12. The Bertz CT molecular complexity index is 1180. The molecule has 1 atom stereocenters. The predicted molar refractivity (Wildman–Crippen MR) is 118 cm³/mol. The van der Waals surface area contributed by atoms with Gasteiger partial charge in [0.1, 0.15) is 23.4 Å². The van der Waals surface area contributed by atoms with Crippen LogP contribution in [0.5, 0.6) is 5.75 Å². The molecule has 0 aliphatic rings. The van der Waals surface area contributed by atoms with E-state index in [1.54, 1.807) is 18.2 Å². The molecule has 9 nitrogen and oxygen atoms in total. The fourth-order valence-electron chi connectivity index (χ4n) is 3.03. The van der Waals surface area contributed by atoms with Crippen molar-refractivity contribution in [3.05, 3.63) is 54.4 Å². The zero-order valence-electron chi connectivity index (χ0n) is 17.5. The number of hydrogen-bond donors (Lipinski definition) is 3. The quantitative estimate of drug-likeness (QED) is 0.460. The van der Waals surface area contributed by atoms with Crippen molar-refractivity contribution in [2.45, 2.75) is 31.3 Å². The van der Waals surface area contributed by atoms with E-state index in [0.29, 0.717) is 22.5 Å². The summed E-state index contributed by atoms with van der Waals surface area (Å²) in [6.45, 7) is 3.61. The molecule has 1 amide bonds. The van der Waals surface area contributed by atoms with Gasteiger partial charge in [0.2, 0.25) is 15.9 Å². The first-order valence-corrected chi connectivity index (χ1v) is 11.1. The van der Waals surface area contributed by atoms with Crippen molar-refractivity contribution in [2.24, 2.45) is 11.7 Å². The number of nitrogens with one attached hydrogen (secondary N) is 2. The number of primary amides is 1. The Morgan fingerprint density at radius 1 is 1.10 bits per heavy atom. The van der Waals surface area contributed by atoms with Crippen molar-refractivity contribution in [1.82, 2.24) is 14.7 Å². The van der Waals surface area contributed by atoms with Crippen molar-refractivity contribution < 1.29 is 17.9 Å². The predicted octanol–water partition coefficient (Wildman–Crippen LogP) is 2.04. The smallest absolute Gasteiger partial charge is 0.240 e. The first-order valence-electron chi connectivity index (χ1n) is 9.66. The second-order valence-electron chi connectivity index (χ2n) is 7.27. The van der Waals surface area contributed by atoms with E-state index in [1.165, 1.54) is 19.2 Å². The Kier molecular flexibility index (Phi) is 6.71. The molecule has 3 aromatic rings. The van der Waals surface area contributed by atoms with Crippen LogP contribution in [0.4, 0.5) is 5.82 Å². The number of fused-ring (bicyclic) bond motifs is 1. The van der Waals surface area contributed by atoms with Crippen LogP contribution in [0.1, 0.15) is 19.7 Å². The number of anilines is 1. The fourth-order valence-corrected chi connectivity index (χ4v) is 4.01. The lowest BCUT2D eigenvalue weighted by Gasteiger charge is -2.21. The van der Waals surface area contributed by atoms with E-state index in [1.807, 2.05) is 32.0 Å². The number of aromatic nitrogens is 2. The molecule has 0 saturated carbocycles. The molecular formula is C21H25N5O4S. The summed E-state index contributed by atoms with van der Waals surface area (Å²) in [6.07, 6.45) is 0. The maximum absolute atomic E-state index is 12.6. The molecule has 0 saturated heterocycles. The van der Waals surface area contributed by atoms with Crippen LogP contribution in [-0.2, 0) is 21.4 Å². The average molecular weight is 444 g/mol. The first-order chi connectivity index (χ1) is 14.7. The van der Waals surface area contributed by atoms with Crippen LogP contribution in [-0.4, -0.2) is 37.4 Å². The summed E-state index contributed by atoms with van der Waals surface area (Å²) in [5, 5.41) is 3.79. The number of nitrogens with zero attached hydrogens (tertiary/aromatic N) is 2. The number of methoxy groups -OCH3 is 1. The van der Waals surface area contributed by atoms with E-state index in [-0.39, 0.29) is 23.2 Å². The van der Waals surface area contributed by atoms with E-state index in [0.717, 1.165) is 0 Å². The van der Waals surface area contributed by atoms with Crippen molar-refractivity contribution in [2.75, 3.05) is 12.4 Å². The van der Waals surface area contributed by atoms with E-state index in [2.05, 4.69) is 20.0 Å². The number of benzene rings is 2. The molecule has 0 unspecified atom stereocenters. The molecule has 1 heterocycles. The Morgan fingerprint density at radius 2 is 1.77 bits per heavy atom. The number of hydrogen-bond acceptors (Lipinski definition) is 7. The van der Waals surface area contributed by atoms with Crippen LogP contribution < -0.4 is 20.5 Å². The molecular weight excluding hydrogens is 418 g/mol. The van der Waals surface area contributed by atoms with Gasteiger partial charge in [0.05, 0.1) is 24.1 Å². The van der Waals surface area contributed by atoms with Gasteiger partial charge in [-0.1, -0.05) is 26.0 Å². The molecule has 0 aliphatic carbocycles. The van der Waals surface area contributed by atoms with Crippen molar-refractivity contribution in [3.63, 3.8) is 0 Å². The van der Waals surface area contributed by atoms with E-state index in [9.17, 15) is 13.2 Å². The first kappa shape index (κ1) is 22.4. The minimum atomic E-state index is -3.78. The van der Waals surface area contributed by atoms with Crippen LogP contribution in [0.25, 0.3) is 10.9 Å². The van der Waals surface area contributed by atoms with Crippen molar-refractivity contribution >= 4 is 32.7 Å². The van der Waals surface area contributed by atoms with Crippen LogP contribution in [0, 0.1) is 5.92 Å². The van der Waals surface area contributed by atoms with Gasteiger partial charge in [-0.3, -0.25) is 4.79 Å². The fraction of sp³-hybridized carbons (Fsp3) is 0.286. The SMILES string of the molecule is COc1ccc(S(=O)(=O)NCc2nc(N[C@H](C(N)=O)C(C)C)c3ccccc3n2)cc1. The number of carbonyl (C=O) groups excluding carboxylic acids is 1. The topological polar surface area (TPSA) is 136 Å². The van der Waals surface area contributed by atoms with Gasteiger partial charge in [-0.2, -0.15) is 0 Å². The highest BCUT2D eigenvalue weighted by Gasteiger charge is 2.22. The largest absolute Gasteiger partial charge is 0.497 e. The number of amides is 1. The van der Waals surface area contributed by atoms with Gasteiger partial charge in [-0.15, -0.1) is 0 Å². The monoisotopic (exact) mass is 443 g/mol. The number of nitrogens with two attached hydrogens (primary N) is 1. The number of sulfonamides is 1. The molecule has 4 N–H and O–H groups in total. The zero-order valence-corrected chi connectivity index (χ0v) is 18.3. The van der Waals surface area contributed by atoms with Gasteiger partial charge in [0.25, 0.3) is 0 Å². The molecule has 0 aliphatic heterocycles. The standard InChI is InChI=1S/C21H25N5O4S/c1-13(2)19(20(22)27)26-21-16-6-4-5-7-17(16)24-18(25-21)12-23-31(28,29)15-10-8-14(30-3)9-11-15/h4-11,13,19,23H,12H2,1-3H3,(H2,22,27)(H,24,25,26)/t19-/m0/s1. The van der Waals surface area contributed by atoms with Crippen LogP contribution >= 0.6 is 0 Å². The Balaban J connectivity index is 1.89. The third-order valence-electron chi connectivity index (χ3n) is 4.70. The molecule has 0 spiro atoms. The lowest BCUT2D eigenvalue weighted by molar-refractivity contribution is -0.119. The highest BCUT2D eigenvalue weighted by atomic mass is 32.2. The van der Waals surface area contributed by atoms with Crippen molar-refractivity contribution in [1.29, 1.82) is 0 Å². The summed E-state index contributed by atoms with van der Waals surface area (Å²) >= 11 is 0. The summed E-state index contributed by atoms with van der Waals surface area (Å²) in [5.41, 5.74) is 6.14. The Labute approximate surface area is 181 Å². The normalized spacial score (nSPS) is 12.6. The van der Waals surface area contributed by atoms with Gasteiger partial charge in [0, 0.05) is 5.39 Å². The van der Waals surface area contributed by atoms with Gasteiger partial charge in [0.15, 0.2) is 0 Å². The highest BCUT2D eigenvalue weighted by Crippen LogP contribution is 2.22. The highest BCUT2D eigenvalue weighted by molar-refractivity contribution is 7.89. The summed E-state index contributed by atoms with van der Waals surface area (Å²) in [4.78, 5) is 20.8. The molecule has 0 bridgehead atoms. The molecule has 2 aromatic carbocycles. The summed E-state index contributed by atoms with van der Waals surface area (Å²) in [5.74, 6) is 0.663. The van der Waals surface area contributed by atoms with Crippen LogP contribution in [0.3, 0.4) is 0 Å². The summed E-state index contributed by atoms with van der Waals surface area (Å²) < 4.78 is 32.8. The van der Waals surface area contributed by atoms with E-state index in [4.69, 9.17) is 10.5 Å². The second-order valence-corrected chi connectivity index (χ2v) is 9.04. The molecule has 10 heteroatoms. The minimum absolute atomic E-state index is 0.0664. The molecule has 1 aromatic heterocycles. The third kappa shape index (κ3) is 5.28. The molecule has 0 fully saturated rings. The minimum Gasteiger partial charge on any atom is -0.497 e. The lowest BCUT2D eigenvalue weighted by Crippen LogP contribution is -2.40. The number of para-hydroxylation sites is 1. The molecule has 3 rings (SSSR count). The Morgan fingerprint density at radius 3 is 2.39 bits per heavy atom. The molecule has 0 radical (unpaired) electrons. The summed E-state index contributed by atoms with van der Waals surface area (Å²) in [7, 11) is -2.27. The molecule has 31 heavy (non-hydrogen) atoms. The van der Waals surface area contributed by atoms with Crippen LogP contribution in [0.15, 0.2) is 53.4 Å². The van der Waals surface area contributed by atoms with Gasteiger partial charge >= 0.3 is 0 Å². The average Bonchev–Trinajstić information content (AvgIpc) is 2.75. The van der Waals surface area contributed by atoms with Gasteiger partial charge in [-0.25, -0.2) is 23.1 Å². The number of carbonyl (C=O) groups is 1. The maximum Gasteiger partial charge on any atom is 0.240 e. The lowest BCUT2D eigenvalue weighted by atomic mass is 10.0. The number of rotatable bonds is 9. The van der Waals surface area contributed by atoms with E-state index >= 15 is 0 Å². The van der Waals surface area contributed by atoms with Gasteiger partial charge < -0.3 is 15.8 Å². The maximum atomic E-state index is 12.6. The molecule has 164 valence electrons. The van der Waals surface area contributed by atoms with Crippen LogP contribution in [0.2, 0.25) is 0 Å². The second kappa shape index (κ2) is 9.27. The van der Waals surface area contributed by atoms with Crippen molar-refractivity contribution in [3.8, 4) is 5.75 Å². The summed E-state index contributed by atoms with van der Waals surface area (Å²) in [6, 6.07) is 12.7. The van der Waals surface area contributed by atoms with Gasteiger partial charge in [-0.05, 0) is 42.3 Å². The number of ether oxygens (including phenoxy) is 1. The van der Waals surface area contributed by atoms with E-state index < -0.39 is 22.0 Å².